The fourth-order valence-corrected chi connectivity index (χ4v) is 5.61. The minimum atomic E-state index is -0.102. The van der Waals surface area contributed by atoms with E-state index in [9.17, 15) is 4.79 Å². The van der Waals surface area contributed by atoms with Gasteiger partial charge >= 0.3 is 0 Å². The Morgan fingerprint density at radius 1 is 0.925 bits per heavy atom. The molecule has 1 aliphatic rings. The van der Waals surface area contributed by atoms with Crippen LogP contribution in [0, 0.1) is 0 Å². The molecule has 4 aromatic rings. The Kier molecular flexibility index (Phi) is 9.54. The lowest BCUT2D eigenvalue weighted by atomic mass is 10.1. The minimum Gasteiger partial charge on any atom is -0.383 e. The summed E-state index contributed by atoms with van der Waals surface area (Å²) < 4.78 is 4.99. The van der Waals surface area contributed by atoms with Crippen molar-refractivity contribution >= 4 is 40.8 Å². The lowest BCUT2D eigenvalue weighted by Crippen LogP contribution is -2.47. The summed E-state index contributed by atoms with van der Waals surface area (Å²) >= 11 is 8.05. The minimum absolute atomic E-state index is 0.102. The van der Waals surface area contributed by atoms with E-state index >= 15 is 0 Å². The maximum Gasteiger partial charge on any atom is 0.251 e. The molecule has 0 unspecified atom stereocenters. The maximum atomic E-state index is 12.3. The molecule has 0 atom stereocenters. The zero-order chi connectivity index (χ0) is 27.7. The van der Waals surface area contributed by atoms with E-state index in [1.54, 1.807) is 18.9 Å². The topological polar surface area (TPSA) is 70.6 Å². The number of hydrogen-bond acceptors (Lipinski definition) is 7. The summed E-state index contributed by atoms with van der Waals surface area (Å²) in [5.74, 6) is 1.52. The van der Waals surface area contributed by atoms with Crippen molar-refractivity contribution in [3.63, 3.8) is 0 Å². The molecule has 3 aromatic carbocycles. The number of thioether (sulfide) groups is 1. The molecular weight excluding hydrogens is 542 g/mol. The Balaban J connectivity index is 1.29. The fraction of sp³-hybridized carbons (Fsp3) is 0.258. The van der Waals surface area contributed by atoms with Gasteiger partial charge in [0.2, 0.25) is 0 Å². The lowest BCUT2D eigenvalue weighted by molar-refractivity contribution is 0.0937. The molecule has 0 spiro atoms. The predicted molar refractivity (Wildman–Crippen MR) is 164 cm³/mol. The first-order valence-electron chi connectivity index (χ1n) is 13.3. The van der Waals surface area contributed by atoms with Crippen LogP contribution in [0.25, 0.3) is 11.3 Å². The summed E-state index contributed by atoms with van der Waals surface area (Å²) in [5.41, 5.74) is 4.77. The number of para-hydroxylation sites is 1. The summed E-state index contributed by atoms with van der Waals surface area (Å²) in [4.78, 5) is 26.8. The van der Waals surface area contributed by atoms with E-state index in [2.05, 4.69) is 39.4 Å². The normalized spacial score (nSPS) is 13.3. The monoisotopic (exact) mass is 573 g/mol. The summed E-state index contributed by atoms with van der Waals surface area (Å²) in [5, 5.41) is 4.36. The molecule has 7 nitrogen and oxygen atoms in total. The van der Waals surface area contributed by atoms with Crippen LogP contribution in [0.2, 0.25) is 5.02 Å². The standard InChI is InChI=1S/C31H32ClN5O2S/c1-39-20-15-33-30(38)25-13-11-23(12-14-25)22-40-31-34-27(24-7-3-2-4-8-24)21-29(35-31)37-18-16-36(17-19-37)28-10-6-5-9-26(28)32/h2-14,21H,15-20,22H2,1H3,(H,33,38). The van der Waals surface area contributed by atoms with Gasteiger partial charge in [0.15, 0.2) is 5.16 Å². The molecule has 0 radical (unpaired) electrons. The van der Waals surface area contributed by atoms with Crippen molar-refractivity contribution in [2.75, 3.05) is 56.2 Å². The third kappa shape index (κ3) is 7.13. The third-order valence-electron chi connectivity index (χ3n) is 6.73. The molecule has 1 N–H and O–H groups in total. The van der Waals surface area contributed by atoms with Crippen LogP contribution in [0.3, 0.4) is 0 Å². The van der Waals surface area contributed by atoms with Crippen LogP contribution in [0.15, 0.2) is 90.1 Å². The second kappa shape index (κ2) is 13.7. The van der Waals surface area contributed by atoms with Gasteiger partial charge < -0.3 is 19.9 Å². The Morgan fingerprint density at radius 3 is 2.35 bits per heavy atom. The molecule has 9 heteroatoms. The molecule has 0 aliphatic carbocycles. The Bertz CT molecular complexity index is 1410. The van der Waals surface area contributed by atoms with E-state index < -0.39 is 0 Å². The average Bonchev–Trinajstić information content (AvgIpc) is 3.01. The molecule has 40 heavy (non-hydrogen) atoms. The first-order valence-corrected chi connectivity index (χ1v) is 14.6. The van der Waals surface area contributed by atoms with Crippen molar-refractivity contribution in [3.8, 4) is 11.3 Å². The highest BCUT2D eigenvalue weighted by Gasteiger charge is 2.21. The van der Waals surface area contributed by atoms with E-state index in [1.807, 2.05) is 60.7 Å². The number of amides is 1. The molecule has 1 aromatic heterocycles. The van der Waals surface area contributed by atoms with Gasteiger partial charge in [-0.2, -0.15) is 0 Å². The van der Waals surface area contributed by atoms with Crippen LogP contribution >= 0.6 is 23.4 Å². The van der Waals surface area contributed by atoms with Gasteiger partial charge in [0.25, 0.3) is 5.91 Å². The Hall–Kier alpha value is -3.59. The molecule has 1 saturated heterocycles. The molecule has 1 fully saturated rings. The summed E-state index contributed by atoms with van der Waals surface area (Å²) in [6.45, 7) is 4.38. The number of benzene rings is 3. The molecule has 0 saturated carbocycles. The first kappa shape index (κ1) is 28.0. The number of ether oxygens (including phenoxy) is 1. The number of methoxy groups -OCH3 is 1. The van der Waals surface area contributed by atoms with Gasteiger partial charge in [0.05, 0.1) is 23.0 Å². The predicted octanol–water partition coefficient (Wildman–Crippen LogP) is 5.79. The zero-order valence-corrected chi connectivity index (χ0v) is 24.0. The molecule has 0 bridgehead atoms. The van der Waals surface area contributed by atoms with Crippen molar-refractivity contribution < 1.29 is 9.53 Å². The number of halogens is 1. The Morgan fingerprint density at radius 2 is 1.62 bits per heavy atom. The maximum absolute atomic E-state index is 12.3. The van der Waals surface area contributed by atoms with Crippen molar-refractivity contribution in [3.05, 3.63) is 101 Å². The van der Waals surface area contributed by atoms with Gasteiger partial charge in [0.1, 0.15) is 5.82 Å². The zero-order valence-electron chi connectivity index (χ0n) is 22.4. The number of hydrogen-bond donors (Lipinski definition) is 1. The van der Waals surface area contributed by atoms with Crippen LogP contribution in [0.5, 0.6) is 0 Å². The average molecular weight is 574 g/mol. The van der Waals surface area contributed by atoms with E-state index in [0.717, 1.165) is 64.7 Å². The number of piperazine rings is 1. The second-order valence-electron chi connectivity index (χ2n) is 9.42. The van der Waals surface area contributed by atoms with Crippen molar-refractivity contribution in [2.24, 2.45) is 0 Å². The molecule has 206 valence electrons. The number of nitrogens with zero attached hydrogens (tertiary/aromatic N) is 4. The molecular formula is C31H32ClN5O2S. The quantitative estimate of drug-likeness (QED) is 0.146. The van der Waals surface area contributed by atoms with Gasteiger partial charge in [0, 0.05) is 62.8 Å². The highest BCUT2D eigenvalue weighted by atomic mass is 35.5. The SMILES string of the molecule is COCCNC(=O)c1ccc(CSc2nc(-c3ccccc3)cc(N3CCN(c4ccccc4Cl)CC3)n2)cc1. The lowest BCUT2D eigenvalue weighted by Gasteiger charge is -2.37. The molecule has 1 amide bonds. The second-order valence-corrected chi connectivity index (χ2v) is 10.8. The summed E-state index contributed by atoms with van der Waals surface area (Å²) in [7, 11) is 1.61. The van der Waals surface area contributed by atoms with Crippen molar-refractivity contribution in [1.82, 2.24) is 15.3 Å². The number of rotatable bonds is 10. The van der Waals surface area contributed by atoms with E-state index in [-0.39, 0.29) is 5.91 Å². The van der Waals surface area contributed by atoms with Crippen LogP contribution < -0.4 is 15.1 Å². The van der Waals surface area contributed by atoms with Crippen molar-refractivity contribution in [2.45, 2.75) is 10.9 Å². The van der Waals surface area contributed by atoms with Gasteiger partial charge in [-0.3, -0.25) is 4.79 Å². The molecule has 2 heterocycles. The van der Waals surface area contributed by atoms with Crippen LogP contribution in [0.1, 0.15) is 15.9 Å². The van der Waals surface area contributed by atoms with Crippen LogP contribution in [-0.4, -0.2) is 62.3 Å². The van der Waals surface area contributed by atoms with Gasteiger partial charge in [-0.05, 0) is 29.8 Å². The highest BCUT2D eigenvalue weighted by Crippen LogP contribution is 2.30. The summed E-state index contributed by atoms with van der Waals surface area (Å²) in [6, 6.07) is 28.0. The van der Waals surface area contributed by atoms with E-state index in [1.165, 1.54) is 0 Å². The molecule has 1 aliphatic heterocycles. The smallest absolute Gasteiger partial charge is 0.251 e. The number of aromatic nitrogens is 2. The first-order chi connectivity index (χ1) is 19.6. The van der Waals surface area contributed by atoms with Gasteiger partial charge in [-0.25, -0.2) is 9.97 Å². The number of carbonyl (C=O) groups excluding carboxylic acids is 1. The Labute approximate surface area is 244 Å². The highest BCUT2D eigenvalue weighted by molar-refractivity contribution is 7.98. The third-order valence-corrected chi connectivity index (χ3v) is 7.97. The van der Waals surface area contributed by atoms with Crippen LogP contribution in [-0.2, 0) is 10.5 Å². The molecule has 5 rings (SSSR count). The number of nitrogens with one attached hydrogen (secondary N) is 1. The largest absolute Gasteiger partial charge is 0.383 e. The van der Waals surface area contributed by atoms with E-state index in [4.69, 9.17) is 26.3 Å². The van der Waals surface area contributed by atoms with Gasteiger partial charge in [-0.15, -0.1) is 0 Å². The number of anilines is 2. The van der Waals surface area contributed by atoms with Gasteiger partial charge in [-0.1, -0.05) is 78.0 Å². The number of carbonyl (C=O) groups is 1. The fourth-order valence-electron chi connectivity index (χ4n) is 4.55. The van der Waals surface area contributed by atoms with Crippen LogP contribution in [0.4, 0.5) is 11.5 Å². The van der Waals surface area contributed by atoms with Crippen molar-refractivity contribution in [1.29, 1.82) is 0 Å². The summed E-state index contributed by atoms with van der Waals surface area (Å²) in [6.07, 6.45) is 0. The van der Waals surface area contributed by atoms with E-state index in [0.29, 0.717) is 24.5 Å².